The number of rotatable bonds is 24. The van der Waals surface area contributed by atoms with Gasteiger partial charge in [-0.1, -0.05) is 50.1 Å². The van der Waals surface area contributed by atoms with Gasteiger partial charge in [-0.3, -0.25) is 52.8 Å². The third kappa shape index (κ3) is 12.2. The molecule has 0 radical (unpaired) electrons. The SMILES string of the molecule is CC[C@@]1(O)C(=O)OCc2c1cc1n(c2=O)Cc2c-1nc1cc(F)c(C)c3c1c2[C@@H](NC(=O)[C@H](CC1CC1)OCNC(=O)CNC(=O)[C@H](Cc1ccccc1)NC(=O)CNC(=O)CNC(=O)[C@H](CNCC(=O)O)N1C(=O)C=CC1=O)CC3. The lowest BCUT2D eigenvalue weighted by Crippen LogP contribution is -2.56. The number of imide groups is 1. The minimum Gasteiger partial charge on any atom is -0.480 e. The fourth-order valence-corrected chi connectivity index (χ4v) is 10.6. The van der Waals surface area contributed by atoms with E-state index in [0.717, 1.165) is 30.6 Å². The number of aliphatic carboxylic acids is 1. The molecule has 26 heteroatoms. The molecule has 0 unspecified atom stereocenters. The molecular formula is C55H59FN10O15. The molecule has 0 saturated heterocycles. The molecule has 426 valence electrons. The van der Waals surface area contributed by atoms with Gasteiger partial charge in [-0.25, -0.2) is 14.2 Å². The quantitative estimate of drug-likeness (QED) is 0.0202. The summed E-state index contributed by atoms with van der Waals surface area (Å²) in [6, 6.07) is 8.07. The Kier molecular flexibility index (Phi) is 16.8. The third-order valence-electron chi connectivity index (χ3n) is 15.1. The number of pyridine rings is 2. The van der Waals surface area contributed by atoms with Gasteiger partial charge < -0.3 is 61.5 Å². The number of nitrogens with one attached hydrogen (secondary N) is 7. The summed E-state index contributed by atoms with van der Waals surface area (Å²) in [6.07, 6.45) is 3.53. The molecule has 8 amide bonds. The molecule has 81 heavy (non-hydrogen) atoms. The first kappa shape index (κ1) is 57.0. The molecule has 2 aromatic carbocycles. The van der Waals surface area contributed by atoms with E-state index in [2.05, 4.69) is 37.2 Å². The van der Waals surface area contributed by atoms with Crippen molar-refractivity contribution in [1.29, 1.82) is 0 Å². The highest BCUT2D eigenvalue weighted by molar-refractivity contribution is 6.15. The number of carbonyl (C=O) groups excluding carboxylic acids is 9. The number of amides is 8. The second kappa shape index (κ2) is 23.9. The number of nitrogens with zero attached hydrogens (tertiary/aromatic N) is 3. The van der Waals surface area contributed by atoms with Crippen LogP contribution in [0.2, 0.25) is 0 Å². The summed E-state index contributed by atoms with van der Waals surface area (Å²) in [7, 11) is 0. The van der Waals surface area contributed by atoms with E-state index in [1.54, 1.807) is 50.2 Å². The number of benzene rings is 2. The Morgan fingerprint density at radius 3 is 2.23 bits per heavy atom. The Labute approximate surface area is 460 Å². The van der Waals surface area contributed by atoms with E-state index in [9.17, 15) is 57.8 Å². The standard InChI is InChI=1S/C55H59FN10O15/c1-3-55(79)33-17-38-49-31(24-65(38)53(77)32(33)25-80-54(55)78)48-35(12-11-30-27(2)34(56)18-36(63-49)47(30)48)64-52(76)40(16-29-9-10-29)81-26-61-42(68)21-59-50(74)37(15-28-7-5-4-6-8-28)62-43(69)22-58-41(67)20-60-51(75)39(19-57-23-46(72)73)66-44(70)13-14-45(66)71/h4-8,13-14,17-18,29,35,37,39-40,57,79H,3,9-12,15-16,19-26H2,1-2H3,(H,58,67)(H,59,74)(H,60,75)(H,61,68)(H,62,69)(H,64,76)(H,72,73)/t35-,37-,39-,40-,55-/m0/s1. The van der Waals surface area contributed by atoms with Gasteiger partial charge in [0.25, 0.3) is 17.4 Å². The third-order valence-corrected chi connectivity index (χ3v) is 15.1. The Hall–Kier alpha value is -8.75. The Bertz CT molecular complexity index is 3360. The normalized spacial score (nSPS) is 18.6. The largest absolute Gasteiger partial charge is 0.480 e. The average molecular weight is 1120 g/mol. The second-order valence-corrected chi connectivity index (χ2v) is 20.4. The minimum absolute atomic E-state index is 0.0314. The van der Waals surface area contributed by atoms with Gasteiger partial charge in [-0.05, 0) is 66.8 Å². The number of esters is 1. The van der Waals surface area contributed by atoms with Crippen molar-refractivity contribution in [3.8, 4) is 11.4 Å². The summed E-state index contributed by atoms with van der Waals surface area (Å²) in [5, 5.41) is 38.8. The molecule has 5 heterocycles. The summed E-state index contributed by atoms with van der Waals surface area (Å²) in [5.74, 6) is -8.68. The highest BCUT2D eigenvalue weighted by Gasteiger charge is 2.46. The lowest BCUT2D eigenvalue weighted by molar-refractivity contribution is -0.172. The monoisotopic (exact) mass is 1120 g/mol. The molecule has 0 bridgehead atoms. The van der Waals surface area contributed by atoms with Crippen molar-refractivity contribution in [1.82, 2.24) is 51.7 Å². The zero-order chi connectivity index (χ0) is 57.9. The van der Waals surface area contributed by atoms with Crippen LogP contribution in [0.3, 0.4) is 0 Å². The molecule has 5 atom stereocenters. The van der Waals surface area contributed by atoms with Crippen LogP contribution in [0.25, 0.3) is 22.3 Å². The first-order valence-corrected chi connectivity index (χ1v) is 26.4. The number of carbonyl (C=O) groups is 10. The lowest BCUT2D eigenvalue weighted by Gasteiger charge is -2.31. The van der Waals surface area contributed by atoms with E-state index in [1.165, 1.54) is 10.6 Å². The first-order chi connectivity index (χ1) is 38.8. The average Bonchev–Trinajstić information content (AvgIpc) is 4.08. The Morgan fingerprint density at radius 1 is 0.852 bits per heavy atom. The maximum absolute atomic E-state index is 15.5. The molecule has 9 rings (SSSR count). The van der Waals surface area contributed by atoms with E-state index in [4.69, 9.17) is 19.6 Å². The van der Waals surface area contributed by atoms with Gasteiger partial charge in [0.1, 0.15) is 37.3 Å². The van der Waals surface area contributed by atoms with Crippen LogP contribution < -0.4 is 42.8 Å². The zero-order valence-corrected chi connectivity index (χ0v) is 44.1. The topological polar surface area (TPSA) is 352 Å². The number of aliphatic hydroxyl groups is 1. The van der Waals surface area contributed by atoms with Crippen LogP contribution in [0, 0.1) is 18.7 Å². The van der Waals surface area contributed by atoms with Gasteiger partial charge >= 0.3 is 11.9 Å². The van der Waals surface area contributed by atoms with Gasteiger partial charge in [-0.15, -0.1) is 0 Å². The van der Waals surface area contributed by atoms with Crippen molar-refractivity contribution in [2.75, 3.05) is 39.5 Å². The number of halogens is 1. The fourth-order valence-electron chi connectivity index (χ4n) is 10.6. The smallest absolute Gasteiger partial charge is 0.343 e. The fraction of sp³-hybridized carbons (Fsp3) is 0.418. The molecule has 4 aromatic rings. The van der Waals surface area contributed by atoms with Crippen molar-refractivity contribution >= 4 is 70.1 Å². The molecule has 0 spiro atoms. The summed E-state index contributed by atoms with van der Waals surface area (Å²) in [6.45, 7) is -0.425. The number of carboxylic acid groups (broad SMARTS) is 1. The van der Waals surface area contributed by atoms with Crippen LogP contribution in [0.1, 0.15) is 84.0 Å². The van der Waals surface area contributed by atoms with Crippen LogP contribution in [0.4, 0.5) is 4.39 Å². The van der Waals surface area contributed by atoms with E-state index in [1.807, 2.05) is 0 Å². The number of carboxylic acids is 1. The molecule has 2 aliphatic carbocycles. The number of hydrogen-bond acceptors (Lipinski definition) is 16. The van der Waals surface area contributed by atoms with Crippen LogP contribution >= 0.6 is 0 Å². The number of ether oxygens (including phenoxy) is 2. The molecule has 2 aromatic heterocycles. The Morgan fingerprint density at radius 2 is 1.54 bits per heavy atom. The van der Waals surface area contributed by atoms with Crippen LogP contribution in [-0.2, 0) is 89.0 Å². The molecule has 25 nitrogen and oxygen atoms in total. The van der Waals surface area contributed by atoms with Crippen LogP contribution in [0.15, 0.2) is 59.4 Å². The number of aromatic nitrogens is 2. The number of aryl methyl sites for hydroxylation is 1. The Balaban J connectivity index is 0.811. The van der Waals surface area contributed by atoms with Crippen molar-refractivity contribution in [2.45, 2.75) is 102 Å². The maximum atomic E-state index is 15.5. The zero-order valence-electron chi connectivity index (χ0n) is 44.1. The molecular weight excluding hydrogens is 1060 g/mol. The summed E-state index contributed by atoms with van der Waals surface area (Å²) >= 11 is 0. The van der Waals surface area contributed by atoms with Crippen molar-refractivity contribution < 1.29 is 72.0 Å². The predicted octanol–water partition coefficient (Wildman–Crippen LogP) is -1.07. The van der Waals surface area contributed by atoms with Crippen molar-refractivity contribution in [3.05, 3.63) is 110 Å². The maximum Gasteiger partial charge on any atom is 0.343 e. The molecule has 1 saturated carbocycles. The van der Waals surface area contributed by atoms with E-state index in [-0.39, 0.29) is 43.0 Å². The van der Waals surface area contributed by atoms with E-state index < -0.39 is 140 Å². The van der Waals surface area contributed by atoms with Crippen LogP contribution in [0.5, 0.6) is 0 Å². The van der Waals surface area contributed by atoms with Gasteiger partial charge in [0.2, 0.25) is 35.4 Å². The number of hydrogen-bond donors (Lipinski definition) is 9. The summed E-state index contributed by atoms with van der Waals surface area (Å²) < 4.78 is 28.3. The first-order valence-electron chi connectivity index (χ1n) is 26.4. The number of cyclic esters (lactones) is 1. The van der Waals surface area contributed by atoms with E-state index in [0.29, 0.717) is 68.7 Å². The second-order valence-electron chi connectivity index (χ2n) is 20.4. The minimum atomic E-state index is -2.07. The predicted molar refractivity (Wildman–Crippen MR) is 280 cm³/mol. The highest BCUT2D eigenvalue weighted by atomic mass is 19.1. The molecule has 3 aliphatic heterocycles. The molecule has 5 aliphatic rings. The van der Waals surface area contributed by atoms with Gasteiger partial charge in [0.05, 0.1) is 61.2 Å². The van der Waals surface area contributed by atoms with Crippen molar-refractivity contribution in [2.24, 2.45) is 5.92 Å². The van der Waals surface area contributed by atoms with E-state index >= 15 is 4.39 Å². The van der Waals surface area contributed by atoms with Gasteiger partial charge in [0, 0.05) is 47.7 Å². The van der Waals surface area contributed by atoms with Crippen LogP contribution in [-0.4, -0.2) is 142 Å². The van der Waals surface area contributed by atoms with Gasteiger partial charge in [-0.2, -0.15) is 0 Å². The van der Waals surface area contributed by atoms with Gasteiger partial charge in [0.15, 0.2) is 5.60 Å². The molecule has 1 fully saturated rings. The molecule has 9 N–H and O–H groups in total. The lowest BCUT2D eigenvalue weighted by atomic mass is 9.81. The van der Waals surface area contributed by atoms with Crippen molar-refractivity contribution in [3.63, 3.8) is 0 Å². The summed E-state index contributed by atoms with van der Waals surface area (Å²) in [4.78, 5) is 148. The summed E-state index contributed by atoms with van der Waals surface area (Å²) in [5.41, 5.74) is 1.73. The highest BCUT2D eigenvalue weighted by Crippen LogP contribution is 2.46. The number of fused-ring (bicyclic) bond motifs is 5.